The van der Waals surface area contributed by atoms with Gasteiger partial charge >= 0.3 is 0 Å². The van der Waals surface area contributed by atoms with Gasteiger partial charge in [-0.2, -0.15) is 0 Å². The Bertz CT molecular complexity index is 1150. The van der Waals surface area contributed by atoms with Gasteiger partial charge in [0, 0.05) is 18.7 Å². The molecule has 0 unspecified atom stereocenters. The highest BCUT2D eigenvalue weighted by Crippen LogP contribution is 2.27. The number of hydrogen-bond donors (Lipinski definition) is 1. The number of ether oxygens (including phenoxy) is 1. The quantitative estimate of drug-likeness (QED) is 0.470. The number of pyridine rings is 1. The molecule has 168 valence electrons. The summed E-state index contributed by atoms with van der Waals surface area (Å²) < 4.78 is 32.5. The van der Waals surface area contributed by atoms with Gasteiger partial charge in [-0.25, -0.2) is 18.4 Å². The van der Waals surface area contributed by atoms with Gasteiger partial charge in [-0.15, -0.1) is 0 Å². The van der Waals surface area contributed by atoms with Crippen LogP contribution >= 0.6 is 0 Å². The smallest absolute Gasteiger partial charge is 0.178 e. The maximum Gasteiger partial charge on any atom is 0.178 e. The largest absolute Gasteiger partial charge is 0.497 e. The number of hydrogen-bond acceptors (Lipinski definition) is 6. The first-order valence-electron chi connectivity index (χ1n) is 10.8. The van der Waals surface area contributed by atoms with Crippen LogP contribution < -0.4 is 10.5 Å². The van der Waals surface area contributed by atoms with Gasteiger partial charge in [0.1, 0.15) is 17.1 Å². The maximum atomic E-state index is 12.6. The van der Waals surface area contributed by atoms with E-state index in [2.05, 4.69) is 23.4 Å². The SMILES string of the molecule is CCCc1nc2c(N)nc(C)c(C)c2n1CCCCCS(=O)(=O)c1ccc(OC)cc1. The second kappa shape index (κ2) is 9.68. The van der Waals surface area contributed by atoms with E-state index in [0.717, 1.165) is 60.3 Å². The van der Waals surface area contributed by atoms with Gasteiger partial charge in [0.05, 0.1) is 23.3 Å². The lowest BCUT2D eigenvalue weighted by Crippen LogP contribution is -2.08. The Labute approximate surface area is 184 Å². The Kier molecular flexibility index (Phi) is 7.20. The first-order chi connectivity index (χ1) is 14.8. The molecule has 0 spiro atoms. The van der Waals surface area contributed by atoms with Crippen molar-refractivity contribution in [3.8, 4) is 5.75 Å². The predicted molar refractivity (Wildman–Crippen MR) is 124 cm³/mol. The van der Waals surface area contributed by atoms with E-state index in [1.54, 1.807) is 31.4 Å². The molecule has 2 heterocycles. The molecule has 0 aliphatic carbocycles. The van der Waals surface area contributed by atoms with Gasteiger partial charge < -0.3 is 15.0 Å². The number of sulfone groups is 1. The highest BCUT2D eigenvalue weighted by molar-refractivity contribution is 7.91. The number of aromatic nitrogens is 3. The third-order valence-electron chi connectivity index (χ3n) is 5.66. The van der Waals surface area contributed by atoms with Gasteiger partial charge in [-0.3, -0.25) is 0 Å². The lowest BCUT2D eigenvalue weighted by atomic mass is 10.2. The first-order valence-corrected chi connectivity index (χ1v) is 12.4. The molecule has 0 aliphatic rings. The fourth-order valence-corrected chi connectivity index (χ4v) is 5.21. The van der Waals surface area contributed by atoms with Crippen molar-refractivity contribution in [3.05, 3.63) is 41.3 Å². The zero-order valence-corrected chi connectivity index (χ0v) is 19.6. The van der Waals surface area contributed by atoms with Crippen LogP contribution in [0.4, 0.5) is 5.82 Å². The molecule has 0 radical (unpaired) electrons. The van der Waals surface area contributed by atoms with Gasteiger partial charge in [0.2, 0.25) is 0 Å². The molecule has 8 heteroatoms. The van der Waals surface area contributed by atoms with Crippen molar-refractivity contribution in [2.75, 3.05) is 18.6 Å². The monoisotopic (exact) mass is 444 g/mol. The molecule has 3 rings (SSSR count). The summed E-state index contributed by atoms with van der Waals surface area (Å²) in [4.78, 5) is 9.53. The Morgan fingerprint density at radius 2 is 1.77 bits per heavy atom. The molecule has 0 atom stereocenters. The third kappa shape index (κ3) is 5.01. The number of nitrogens with two attached hydrogens (primary N) is 1. The average Bonchev–Trinajstić information content (AvgIpc) is 3.11. The van der Waals surface area contributed by atoms with E-state index < -0.39 is 9.84 Å². The number of nitrogens with zero attached hydrogens (tertiary/aromatic N) is 3. The van der Waals surface area contributed by atoms with Crippen LogP contribution in [0.25, 0.3) is 11.0 Å². The third-order valence-corrected chi connectivity index (χ3v) is 7.48. The van der Waals surface area contributed by atoms with Crippen molar-refractivity contribution in [2.45, 2.75) is 64.3 Å². The molecule has 7 nitrogen and oxygen atoms in total. The van der Waals surface area contributed by atoms with Gasteiger partial charge in [-0.1, -0.05) is 13.3 Å². The highest BCUT2D eigenvalue weighted by atomic mass is 32.2. The van der Waals surface area contributed by atoms with Crippen molar-refractivity contribution in [1.29, 1.82) is 0 Å². The lowest BCUT2D eigenvalue weighted by molar-refractivity contribution is 0.414. The minimum absolute atomic E-state index is 0.140. The standard InChI is InChI=1S/C23H32N4O3S/c1-5-9-20-26-21-22(16(2)17(3)25-23(21)24)27(20)14-7-6-8-15-31(28,29)19-12-10-18(30-4)11-13-19/h10-13H,5-9,14-15H2,1-4H3,(H2,24,25). The molecular formula is C23H32N4O3S. The number of imidazole rings is 1. The zero-order valence-electron chi connectivity index (χ0n) is 18.8. The summed E-state index contributed by atoms with van der Waals surface area (Å²) in [6, 6.07) is 6.56. The fourth-order valence-electron chi connectivity index (χ4n) is 3.84. The van der Waals surface area contributed by atoms with Crippen molar-refractivity contribution in [1.82, 2.24) is 14.5 Å². The number of benzene rings is 1. The summed E-state index contributed by atoms with van der Waals surface area (Å²) in [7, 11) is -1.73. The zero-order chi connectivity index (χ0) is 22.6. The summed E-state index contributed by atoms with van der Waals surface area (Å²) in [5, 5.41) is 0. The van der Waals surface area contributed by atoms with E-state index in [9.17, 15) is 8.42 Å². The van der Waals surface area contributed by atoms with Crippen LogP contribution in [0.3, 0.4) is 0 Å². The average molecular weight is 445 g/mol. The summed E-state index contributed by atoms with van der Waals surface area (Å²) in [5.74, 6) is 2.28. The van der Waals surface area contributed by atoms with Gasteiger partial charge in [-0.05, 0) is 62.9 Å². The molecule has 0 bridgehead atoms. The van der Waals surface area contributed by atoms with Crippen LogP contribution in [-0.4, -0.2) is 35.8 Å². The van der Waals surface area contributed by atoms with Crippen molar-refractivity contribution >= 4 is 26.7 Å². The fraction of sp³-hybridized carbons (Fsp3) is 0.478. The minimum atomic E-state index is -3.29. The van der Waals surface area contributed by atoms with Crippen molar-refractivity contribution in [2.24, 2.45) is 0 Å². The van der Waals surface area contributed by atoms with Crippen molar-refractivity contribution < 1.29 is 13.2 Å². The van der Waals surface area contributed by atoms with E-state index in [-0.39, 0.29) is 5.75 Å². The predicted octanol–water partition coefficient (Wildman–Crippen LogP) is 4.24. The Hall–Kier alpha value is -2.61. The van der Waals surface area contributed by atoms with Crippen LogP contribution in [0.15, 0.2) is 29.2 Å². The van der Waals surface area contributed by atoms with E-state index in [4.69, 9.17) is 15.5 Å². The summed E-state index contributed by atoms with van der Waals surface area (Å²) in [6.07, 6.45) is 4.18. The molecule has 3 aromatic rings. The van der Waals surface area contributed by atoms with E-state index in [0.29, 0.717) is 22.9 Å². The topological polar surface area (TPSA) is 100 Å². The second-order valence-electron chi connectivity index (χ2n) is 7.89. The first kappa shape index (κ1) is 23.1. The molecule has 0 amide bonds. The van der Waals surface area contributed by atoms with Crippen LogP contribution in [0.1, 0.15) is 49.7 Å². The number of fused-ring (bicyclic) bond motifs is 1. The van der Waals surface area contributed by atoms with Crippen LogP contribution in [-0.2, 0) is 22.8 Å². The van der Waals surface area contributed by atoms with E-state index >= 15 is 0 Å². The molecule has 0 saturated carbocycles. The molecule has 0 aliphatic heterocycles. The number of unbranched alkanes of at least 4 members (excludes halogenated alkanes) is 2. The molecule has 0 fully saturated rings. The van der Waals surface area contributed by atoms with Crippen LogP contribution in [0.5, 0.6) is 5.75 Å². The Balaban J connectivity index is 1.67. The number of anilines is 1. The molecule has 0 saturated heterocycles. The van der Waals surface area contributed by atoms with Crippen LogP contribution in [0, 0.1) is 13.8 Å². The second-order valence-corrected chi connectivity index (χ2v) is 10.00. The number of methoxy groups -OCH3 is 1. The Morgan fingerprint density at radius 1 is 1.06 bits per heavy atom. The summed E-state index contributed by atoms with van der Waals surface area (Å²) in [5.41, 5.74) is 9.98. The molecule has 2 aromatic heterocycles. The molecule has 1 aromatic carbocycles. The summed E-state index contributed by atoms with van der Waals surface area (Å²) >= 11 is 0. The van der Waals surface area contributed by atoms with Crippen LogP contribution in [0.2, 0.25) is 0 Å². The molecule has 31 heavy (non-hydrogen) atoms. The van der Waals surface area contributed by atoms with Crippen molar-refractivity contribution in [3.63, 3.8) is 0 Å². The number of nitrogen functional groups attached to an aromatic ring is 1. The molecule has 2 N–H and O–H groups in total. The summed E-state index contributed by atoms with van der Waals surface area (Å²) in [6.45, 7) is 6.94. The molecular weight excluding hydrogens is 412 g/mol. The van der Waals surface area contributed by atoms with Gasteiger partial charge in [0.25, 0.3) is 0 Å². The maximum absolute atomic E-state index is 12.6. The van der Waals surface area contributed by atoms with E-state index in [1.165, 1.54) is 0 Å². The lowest BCUT2D eigenvalue weighted by Gasteiger charge is -2.12. The van der Waals surface area contributed by atoms with E-state index in [1.807, 2.05) is 6.92 Å². The normalized spacial score (nSPS) is 11.9. The minimum Gasteiger partial charge on any atom is -0.497 e. The Morgan fingerprint density at radius 3 is 2.42 bits per heavy atom. The highest BCUT2D eigenvalue weighted by Gasteiger charge is 2.18. The number of rotatable bonds is 10. The van der Waals surface area contributed by atoms with Gasteiger partial charge in [0.15, 0.2) is 15.7 Å². The number of aryl methyl sites for hydroxylation is 4.